The second-order valence-corrected chi connectivity index (χ2v) is 2.93. The van der Waals surface area contributed by atoms with Crippen molar-refractivity contribution in [2.24, 2.45) is 0 Å². The molecule has 2 heteroatoms. The molecular weight excluding hydrogens is 136 g/mol. The first-order valence-corrected chi connectivity index (χ1v) is 3.22. The first-order valence-electron chi connectivity index (χ1n) is 2.22. The monoisotopic (exact) mass is 144 g/mol. The summed E-state index contributed by atoms with van der Waals surface area (Å²) < 4.78 is 0. The Kier molecular flexibility index (Phi) is 3.62. The largest absolute Gasteiger partial charge is 0.0881 e. The fourth-order valence-electron chi connectivity index (χ4n) is 0.554. The van der Waals surface area contributed by atoms with Crippen LogP contribution in [0.4, 0.5) is 0 Å². The number of allylic oxidation sites excluding steroid dienone is 4. The molecular formula is C5H8SiTi. The molecule has 0 unspecified atom stereocenters. The summed E-state index contributed by atoms with van der Waals surface area (Å²) in [4.78, 5) is 0. The third-order valence-electron chi connectivity index (χ3n) is 0.957. The molecule has 0 amide bonds. The molecule has 0 atom stereocenters. The molecule has 7 heavy (non-hydrogen) atoms. The van der Waals surface area contributed by atoms with Gasteiger partial charge in [-0.15, -0.1) is 0 Å². The van der Waals surface area contributed by atoms with E-state index in [9.17, 15) is 0 Å². The smallest absolute Gasteiger partial charge is 0.0337 e. The molecule has 1 rings (SSSR count). The Morgan fingerprint density at radius 2 is 2.29 bits per heavy atom. The Morgan fingerprint density at radius 3 is 2.43 bits per heavy atom. The van der Waals surface area contributed by atoms with Gasteiger partial charge in [-0.25, -0.2) is 0 Å². The van der Waals surface area contributed by atoms with E-state index in [0.29, 0.717) is 0 Å². The quantitative estimate of drug-likeness (QED) is 0.426. The summed E-state index contributed by atoms with van der Waals surface area (Å²) in [5.41, 5.74) is 0. The Bertz CT molecular complexity index is 105. The first kappa shape index (κ1) is 7.41. The fourth-order valence-corrected chi connectivity index (χ4v) is 0.982. The Balaban J connectivity index is 0.000000360. The van der Waals surface area contributed by atoms with E-state index in [0.717, 1.165) is 0 Å². The minimum absolute atomic E-state index is 0. The van der Waals surface area contributed by atoms with Gasteiger partial charge in [-0.2, -0.15) is 0 Å². The molecule has 0 N–H and O–H groups in total. The molecule has 0 fully saturated rings. The molecule has 0 saturated carbocycles. The summed E-state index contributed by atoms with van der Waals surface area (Å²) in [5, 5.41) is 1.61. The molecule has 36 valence electrons. The zero-order valence-corrected chi connectivity index (χ0v) is 8.00. The molecule has 0 bridgehead atoms. The topological polar surface area (TPSA) is 0 Å². The zero-order chi connectivity index (χ0) is 4.41. The van der Waals surface area contributed by atoms with Crippen LogP contribution in [0.1, 0.15) is 6.42 Å². The van der Waals surface area contributed by atoms with Crippen molar-refractivity contribution in [1.29, 1.82) is 0 Å². The van der Waals surface area contributed by atoms with Crippen LogP contribution in [0.25, 0.3) is 0 Å². The molecule has 0 aromatic heterocycles. The first-order chi connectivity index (χ1) is 2.89. The van der Waals surface area contributed by atoms with Gasteiger partial charge in [0.05, 0.1) is 0 Å². The van der Waals surface area contributed by atoms with E-state index in [2.05, 4.69) is 18.2 Å². The molecule has 1 aliphatic rings. The standard InChI is InChI=1S/C5H8Si.Ti/c6-5-3-1-2-4-5;/h1-3H,4H2,6H3;. The van der Waals surface area contributed by atoms with Gasteiger partial charge in [-0.05, 0) is 6.42 Å². The molecule has 0 heterocycles. The van der Waals surface area contributed by atoms with Crippen LogP contribution in [0.5, 0.6) is 0 Å². The van der Waals surface area contributed by atoms with Crippen molar-refractivity contribution in [2.45, 2.75) is 6.42 Å². The van der Waals surface area contributed by atoms with E-state index in [-0.39, 0.29) is 21.7 Å². The van der Waals surface area contributed by atoms with Gasteiger partial charge in [0.1, 0.15) is 0 Å². The summed E-state index contributed by atoms with van der Waals surface area (Å²) in [6.07, 6.45) is 7.75. The van der Waals surface area contributed by atoms with Gasteiger partial charge in [0.2, 0.25) is 0 Å². The van der Waals surface area contributed by atoms with Crippen molar-refractivity contribution >= 4 is 10.2 Å². The van der Waals surface area contributed by atoms with E-state index in [1.807, 2.05) is 0 Å². The van der Waals surface area contributed by atoms with Gasteiger partial charge in [0.15, 0.2) is 0 Å². The predicted molar refractivity (Wildman–Crippen MR) is 31.8 cm³/mol. The number of hydrogen-bond donors (Lipinski definition) is 0. The third kappa shape index (κ3) is 2.27. The summed E-state index contributed by atoms with van der Waals surface area (Å²) in [7, 11) is 1.25. The van der Waals surface area contributed by atoms with Crippen LogP contribution in [-0.2, 0) is 21.7 Å². The molecule has 0 nitrogen and oxygen atoms in total. The van der Waals surface area contributed by atoms with Gasteiger partial charge >= 0.3 is 0 Å². The van der Waals surface area contributed by atoms with Gasteiger partial charge in [-0.1, -0.05) is 23.4 Å². The minimum atomic E-state index is 0. The van der Waals surface area contributed by atoms with Crippen molar-refractivity contribution in [3.05, 3.63) is 23.4 Å². The summed E-state index contributed by atoms with van der Waals surface area (Å²) >= 11 is 0. The molecule has 0 aromatic rings. The Morgan fingerprint density at radius 1 is 1.57 bits per heavy atom. The van der Waals surface area contributed by atoms with E-state index >= 15 is 0 Å². The number of hydrogen-bond acceptors (Lipinski definition) is 0. The normalized spacial score (nSPS) is 16.3. The molecule has 0 aliphatic heterocycles. The summed E-state index contributed by atoms with van der Waals surface area (Å²) in [5.74, 6) is 0. The van der Waals surface area contributed by atoms with Crippen LogP contribution in [0.3, 0.4) is 0 Å². The van der Waals surface area contributed by atoms with Crippen molar-refractivity contribution in [2.75, 3.05) is 0 Å². The molecule has 0 aromatic carbocycles. The molecule has 0 saturated heterocycles. The van der Waals surface area contributed by atoms with Gasteiger partial charge in [-0.3, -0.25) is 0 Å². The van der Waals surface area contributed by atoms with Gasteiger partial charge in [0, 0.05) is 32.0 Å². The Hall–Kier alpha value is 0.411. The maximum Gasteiger partial charge on any atom is 0.0337 e. The van der Waals surface area contributed by atoms with E-state index < -0.39 is 0 Å². The molecule has 0 radical (unpaired) electrons. The van der Waals surface area contributed by atoms with E-state index in [1.54, 1.807) is 5.20 Å². The van der Waals surface area contributed by atoms with Gasteiger partial charge < -0.3 is 0 Å². The third-order valence-corrected chi connectivity index (χ3v) is 1.70. The van der Waals surface area contributed by atoms with Crippen LogP contribution in [0.15, 0.2) is 23.4 Å². The van der Waals surface area contributed by atoms with Crippen LogP contribution < -0.4 is 0 Å². The van der Waals surface area contributed by atoms with E-state index in [1.165, 1.54) is 16.7 Å². The van der Waals surface area contributed by atoms with Gasteiger partial charge in [0.25, 0.3) is 0 Å². The molecule has 0 spiro atoms. The van der Waals surface area contributed by atoms with E-state index in [4.69, 9.17) is 0 Å². The minimum Gasteiger partial charge on any atom is -0.0881 e. The Labute approximate surface area is 62.0 Å². The molecule has 1 aliphatic carbocycles. The van der Waals surface area contributed by atoms with Crippen molar-refractivity contribution in [1.82, 2.24) is 0 Å². The number of rotatable bonds is 0. The second kappa shape index (κ2) is 3.42. The SMILES string of the molecule is [SiH3]C1=CC=CC1.[Ti]. The van der Waals surface area contributed by atoms with Crippen LogP contribution in [-0.4, -0.2) is 10.2 Å². The van der Waals surface area contributed by atoms with Crippen molar-refractivity contribution < 1.29 is 21.7 Å². The van der Waals surface area contributed by atoms with Crippen molar-refractivity contribution in [3.63, 3.8) is 0 Å². The second-order valence-electron chi connectivity index (χ2n) is 1.65. The van der Waals surface area contributed by atoms with Crippen LogP contribution >= 0.6 is 0 Å². The average molecular weight is 144 g/mol. The average Bonchev–Trinajstić information content (AvgIpc) is 1.86. The summed E-state index contributed by atoms with van der Waals surface area (Å²) in [6, 6.07) is 0. The van der Waals surface area contributed by atoms with Crippen molar-refractivity contribution in [3.8, 4) is 0 Å². The van der Waals surface area contributed by atoms with Crippen LogP contribution in [0, 0.1) is 0 Å². The zero-order valence-electron chi connectivity index (χ0n) is 4.44. The summed E-state index contributed by atoms with van der Waals surface area (Å²) in [6.45, 7) is 0. The maximum absolute atomic E-state index is 2.20. The maximum atomic E-state index is 2.20. The fraction of sp³-hybridized carbons (Fsp3) is 0.200. The predicted octanol–water partition coefficient (Wildman–Crippen LogP) is 0.193. The van der Waals surface area contributed by atoms with Crippen LogP contribution in [0.2, 0.25) is 0 Å².